The largest absolute Gasteiger partial charge is 0.364 e. The van der Waals surface area contributed by atoms with Crippen molar-refractivity contribution in [1.82, 2.24) is 10.2 Å². The number of nitrogens with one attached hydrogen (secondary N) is 1. The van der Waals surface area contributed by atoms with Crippen molar-refractivity contribution in [2.75, 3.05) is 20.6 Å². The lowest BCUT2D eigenvalue weighted by Gasteiger charge is -2.24. The molecule has 5 heteroatoms. The summed E-state index contributed by atoms with van der Waals surface area (Å²) < 4.78 is 5.65. The molecular weight excluding hydrogens is 308 g/mol. The molecule has 1 amide bonds. The number of hydrogen-bond donors (Lipinski definition) is 1. The average Bonchev–Trinajstić information content (AvgIpc) is 3.07. The summed E-state index contributed by atoms with van der Waals surface area (Å²) in [5.41, 5.74) is 2.29. The number of nitrogens with zero attached hydrogens (tertiary/aromatic N) is 1. The first-order valence-corrected chi connectivity index (χ1v) is 8.64. The maximum absolute atomic E-state index is 12.2. The van der Waals surface area contributed by atoms with E-state index in [2.05, 4.69) is 27.0 Å². The Hall–Kier alpha value is -1.69. The molecule has 0 saturated heterocycles. The Morgan fingerprint density at radius 1 is 1.26 bits per heavy atom. The van der Waals surface area contributed by atoms with E-state index < -0.39 is 6.10 Å². The van der Waals surface area contributed by atoms with Gasteiger partial charge in [0, 0.05) is 6.54 Å². The van der Waals surface area contributed by atoms with Gasteiger partial charge in [0.05, 0.1) is 12.6 Å². The second-order valence-corrected chi connectivity index (χ2v) is 6.50. The van der Waals surface area contributed by atoms with Crippen LogP contribution in [0.4, 0.5) is 0 Å². The Balaban J connectivity index is 1.81. The van der Waals surface area contributed by atoms with Gasteiger partial charge in [-0.15, -0.1) is 0 Å². The summed E-state index contributed by atoms with van der Waals surface area (Å²) in [5.74, 6) is -0.0805. The summed E-state index contributed by atoms with van der Waals surface area (Å²) in [6.07, 6.45) is -0.472. The monoisotopic (exact) mass is 332 g/mol. The maximum atomic E-state index is 12.2. The Bertz CT molecular complexity index is 584. The smallest absolute Gasteiger partial charge is 0.248 e. The van der Waals surface area contributed by atoms with Gasteiger partial charge in [0.15, 0.2) is 0 Å². The van der Waals surface area contributed by atoms with Gasteiger partial charge < -0.3 is 15.0 Å². The quantitative estimate of drug-likeness (QED) is 0.808. The molecule has 23 heavy (non-hydrogen) atoms. The molecule has 0 aliphatic carbocycles. The lowest BCUT2D eigenvalue weighted by molar-refractivity contribution is -0.132. The van der Waals surface area contributed by atoms with Crippen molar-refractivity contribution in [3.8, 4) is 0 Å². The number of amides is 1. The molecule has 4 nitrogen and oxygen atoms in total. The molecule has 0 aliphatic rings. The summed E-state index contributed by atoms with van der Waals surface area (Å²) in [5, 5.41) is 7.16. The summed E-state index contributed by atoms with van der Waals surface area (Å²) in [6, 6.07) is 12.1. The van der Waals surface area contributed by atoms with Crippen molar-refractivity contribution in [3.05, 3.63) is 58.3 Å². The topological polar surface area (TPSA) is 41.6 Å². The lowest BCUT2D eigenvalue weighted by atomic mass is 10.1. The standard InChI is InChI=1S/C18H24N2O2S/c1-14(22-12-15-7-5-4-6-8-15)18(21)19-11-17(20(2)3)16-9-10-23-13-16/h4-10,13-14,17H,11-12H2,1-3H3,(H,19,21)/t14-,17-/m0/s1. The van der Waals surface area contributed by atoms with Crippen molar-refractivity contribution in [1.29, 1.82) is 0 Å². The predicted octanol–water partition coefficient (Wildman–Crippen LogP) is 3.07. The van der Waals surface area contributed by atoms with Crippen LogP contribution in [0.1, 0.15) is 24.1 Å². The molecule has 0 unspecified atom stereocenters. The zero-order chi connectivity index (χ0) is 16.7. The summed E-state index contributed by atoms with van der Waals surface area (Å²) in [7, 11) is 4.04. The molecule has 0 spiro atoms. The van der Waals surface area contributed by atoms with E-state index in [0.29, 0.717) is 13.2 Å². The van der Waals surface area contributed by atoms with E-state index in [1.54, 1.807) is 18.3 Å². The molecule has 2 atom stereocenters. The van der Waals surface area contributed by atoms with Crippen LogP contribution in [0.15, 0.2) is 47.2 Å². The van der Waals surface area contributed by atoms with Crippen molar-refractivity contribution >= 4 is 17.2 Å². The third-order valence-corrected chi connectivity index (χ3v) is 4.43. The molecule has 1 aromatic carbocycles. The molecule has 1 aromatic heterocycles. The van der Waals surface area contributed by atoms with E-state index in [-0.39, 0.29) is 11.9 Å². The van der Waals surface area contributed by atoms with Crippen LogP contribution in [0.25, 0.3) is 0 Å². The Kier molecular flexibility index (Phi) is 6.77. The SMILES string of the molecule is C[C@H](OCc1ccccc1)C(=O)NC[C@@H](c1ccsc1)N(C)C. The minimum Gasteiger partial charge on any atom is -0.364 e. The van der Waals surface area contributed by atoms with Gasteiger partial charge in [-0.05, 0) is 49.0 Å². The van der Waals surface area contributed by atoms with Gasteiger partial charge >= 0.3 is 0 Å². The number of benzene rings is 1. The Labute approximate surface area is 142 Å². The molecule has 1 heterocycles. The van der Waals surface area contributed by atoms with Crippen LogP contribution in [0.2, 0.25) is 0 Å². The minimum atomic E-state index is -0.472. The number of likely N-dealkylation sites (N-methyl/N-ethyl adjacent to an activating group) is 1. The van der Waals surface area contributed by atoms with E-state index >= 15 is 0 Å². The number of thiophene rings is 1. The van der Waals surface area contributed by atoms with Crippen LogP contribution in [0, 0.1) is 0 Å². The minimum absolute atomic E-state index is 0.0805. The van der Waals surface area contributed by atoms with Gasteiger partial charge in [0.25, 0.3) is 0 Å². The van der Waals surface area contributed by atoms with E-state index in [4.69, 9.17) is 4.74 Å². The van der Waals surface area contributed by atoms with E-state index in [0.717, 1.165) is 5.56 Å². The first-order valence-electron chi connectivity index (χ1n) is 7.69. The molecule has 0 bridgehead atoms. The third kappa shape index (κ3) is 5.46. The zero-order valence-electron chi connectivity index (χ0n) is 13.9. The second kappa shape index (κ2) is 8.82. The van der Waals surface area contributed by atoms with Crippen molar-refractivity contribution in [2.24, 2.45) is 0 Å². The first kappa shape index (κ1) is 17.7. The molecule has 0 saturated carbocycles. The summed E-state index contributed by atoms with van der Waals surface area (Å²) in [6.45, 7) is 2.80. The van der Waals surface area contributed by atoms with Gasteiger partial charge in [0.1, 0.15) is 6.10 Å². The number of carbonyl (C=O) groups excluding carboxylic acids is 1. The van der Waals surface area contributed by atoms with Gasteiger partial charge in [-0.3, -0.25) is 4.79 Å². The Morgan fingerprint density at radius 3 is 2.61 bits per heavy atom. The lowest BCUT2D eigenvalue weighted by Crippen LogP contribution is -2.39. The highest BCUT2D eigenvalue weighted by atomic mass is 32.1. The van der Waals surface area contributed by atoms with Crippen LogP contribution in [-0.2, 0) is 16.1 Å². The average molecular weight is 332 g/mol. The normalized spacial score (nSPS) is 13.7. The highest BCUT2D eigenvalue weighted by Crippen LogP contribution is 2.20. The number of hydrogen-bond acceptors (Lipinski definition) is 4. The van der Waals surface area contributed by atoms with Crippen molar-refractivity contribution < 1.29 is 9.53 Å². The van der Waals surface area contributed by atoms with Gasteiger partial charge in [-0.2, -0.15) is 11.3 Å². The molecule has 0 fully saturated rings. The zero-order valence-corrected chi connectivity index (χ0v) is 14.7. The number of carbonyl (C=O) groups is 1. The van der Waals surface area contributed by atoms with Crippen LogP contribution in [0.3, 0.4) is 0 Å². The van der Waals surface area contributed by atoms with Crippen LogP contribution in [-0.4, -0.2) is 37.6 Å². The van der Waals surface area contributed by atoms with Crippen molar-refractivity contribution in [2.45, 2.75) is 25.7 Å². The van der Waals surface area contributed by atoms with E-state index in [1.807, 2.05) is 44.4 Å². The van der Waals surface area contributed by atoms with Crippen molar-refractivity contribution in [3.63, 3.8) is 0 Å². The van der Waals surface area contributed by atoms with Gasteiger partial charge in [-0.1, -0.05) is 30.3 Å². The number of rotatable bonds is 8. The maximum Gasteiger partial charge on any atom is 0.248 e. The second-order valence-electron chi connectivity index (χ2n) is 5.72. The van der Waals surface area contributed by atoms with Crippen LogP contribution < -0.4 is 5.32 Å². The molecule has 0 radical (unpaired) electrons. The van der Waals surface area contributed by atoms with E-state index in [9.17, 15) is 4.79 Å². The first-order chi connectivity index (χ1) is 11.1. The molecule has 1 N–H and O–H groups in total. The highest BCUT2D eigenvalue weighted by Gasteiger charge is 2.18. The summed E-state index contributed by atoms with van der Waals surface area (Å²) >= 11 is 1.67. The Morgan fingerprint density at radius 2 is 2.00 bits per heavy atom. The number of ether oxygens (including phenoxy) is 1. The van der Waals surface area contributed by atoms with E-state index in [1.165, 1.54) is 5.56 Å². The van der Waals surface area contributed by atoms with Gasteiger partial charge in [0.2, 0.25) is 5.91 Å². The predicted molar refractivity (Wildman–Crippen MR) is 94.4 cm³/mol. The molecule has 124 valence electrons. The third-order valence-electron chi connectivity index (χ3n) is 3.73. The van der Waals surface area contributed by atoms with Gasteiger partial charge in [-0.25, -0.2) is 0 Å². The molecule has 2 aromatic rings. The molecule has 0 aliphatic heterocycles. The highest BCUT2D eigenvalue weighted by molar-refractivity contribution is 7.07. The molecular formula is C18H24N2O2S. The van der Waals surface area contributed by atoms with Crippen LogP contribution in [0.5, 0.6) is 0 Å². The fourth-order valence-electron chi connectivity index (χ4n) is 2.28. The molecule has 2 rings (SSSR count). The fourth-order valence-corrected chi connectivity index (χ4v) is 2.98. The summed E-state index contributed by atoms with van der Waals surface area (Å²) in [4.78, 5) is 14.3. The fraction of sp³-hybridized carbons (Fsp3) is 0.389. The van der Waals surface area contributed by atoms with Crippen LogP contribution >= 0.6 is 11.3 Å².